The number of hydrogen-bond donors (Lipinski definition) is 2. The number of halogens is 1. The Balaban J connectivity index is 2.14. The van der Waals surface area contributed by atoms with Crippen LogP contribution in [0.3, 0.4) is 0 Å². The minimum absolute atomic E-state index is 0.655. The lowest BCUT2D eigenvalue weighted by Gasteiger charge is -2.12. The SMILES string of the molecule is Cc1cc(Nc2cccc(Cl)c2C)nc(NCCC(C)C)n1. The molecule has 0 atom stereocenters. The van der Waals surface area contributed by atoms with Gasteiger partial charge in [0, 0.05) is 29.0 Å². The second-order valence-electron chi connectivity index (χ2n) is 5.86. The van der Waals surface area contributed by atoms with Gasteiger partial charge in [0.25, 0.3) is 0 Å². The lowest BCUT2D eigenvalue weighted by molar-refractivity contribution is 0.606. The van der Waals surface area contributed by atoms with Crippen LogP contribution in [-0.2, 0) is 0 Å². The summed E-state index contributed by atoms with van der Waals surface area (Å²) in [6.45, 7) is 9.23. The highest BCUT2D eigenvalue weighted by molar-refractivity contribution is 6.31. The molecule has 22 heavy (non-hydrogen) atoms. The predicted octanol–water partition coefficient (Wildman–Crippen LogP) is 4.95. The molecule has 1 heterocycles. The third kappa shape index (κ3) is 4.60. The van der Waals surface area contributed by atoms with Gasteiger partial charge < -0.3 is 10.6 Å². The fourth-order valence-electron chi connectivity index (χ4n) is 2.07. The second kappa shape index (κ2) is 7.45. The van der Waals surface area contributed by atoms with Gasteiger partial charge in [0.05, 0.1) is 0 Å². The molecule has 0 radical (unpaired) electrons. The van der Waals surface area contributed by atoms with E-state index in [9.17, 15) is 0 Å². The number of hydrogen-bond acceptors (Lipinski definition) is 4. The Labute approximate surface area is 137 Å². The largest absolute Gasteiger partial charge is 0.354 e. The molecule has 0 aliphatic heterocycles. The molecular formula is C17H23ClN4. The summed E-state index contributed by atoms with van der Waals surface area (Å²) in [7, 11) is 0. The van der Waals surface area contributed by atoms with Crippen LogP contribution >= 0.6 is 11.6 Å². The van der Waals surface area contributed by atoms with Crippen LogP contribution in [0.15, 0.2) is 24.3 Å². The molecule has 2 rings (SSSR count). The molecule has 1 aromatic heterocycles. The van der Waals surface area contributed by atoms with E-state index in [2.05, 4.69) is 34.4 Å². The summed E-state index contributed by atoms with van der Waals surface area (Å²) in [6, 6.07) is 7.72. The zero-order valence-electron chi connectivity index (χ0n) is 13.6. The fourth-order valence-corrected chi connectivity index (χ4v) is 2.24. The number of benzene rings is 1. The lowest BCUT2D eigenvalue weighted by Crippen LogP contribution is -2.09. The van der Waals surface area contributed by atoms with Crippen molar-refractivity contribution in [2.45, 2.75) is 34.1 Å². The van der Waals surface area contributed by atoms with Crippen LogP contribution in [-0.4, -0.2) is 16.5 Å². The van der Waals surface area contributed by atoms with Gasteiger partial charge in [-0.1, -0.05) is 31.5 Å². The summed E-state index contributed by atoms with van der Waals surface area (Å²) in [5.41, 5.74) is 2.89. The average Bonchev–Trinajstić information content (AvgIpc) is 2.43. The Kier molecular flexibility index (Phi) is 5.61. The van der Waals surface area contributed by atoms with E-state index in [1.54, 1.807) is 0 Å². The summed E-state index contributed by atoms with van der Waals surface area (Å²) in [5, 5.41) is 7.34. The van der Waals surface area contributed by atoms with Crippen molar-refractivity contribution in [3.63, 3.8) is 0 Å². The quantitative estimate of drug-likeness (QED) is 0.791. The van der Waals surface area contributed by atoms with Crippen LogP contribution in [0.4, 0.5) is 17.5 Å². The molecule has 5 heteroatoms. The van der Waals surface area contributed by atoms with Crippen LogP contribution in [0.25, 0.3) is 0 Å². The number of nitrogens with zero attached hydrogens (tertiary/aromatic N) is 2. The Morgan fingerprint density at radius 1 is 1.18 bits per heavy atom. The topological polar surface area (TPSA) is 49.8 Å². The van der Waals surface area contributed by atoms with E-state index in [0.29, 0.717) is 11.9 Å². The number of aryl methyl sites for hydroxylation is 1. The van der Waals surface area contributed by atoms with E-state index in [1.165, 1.54) is 0 Å². The average molecular weight is 319 g/mol. The molecule has 0 unspecified atom stereocenters. The van der Waals surface area contributed by atoms with Crippen molar-refractivity contribution < 1.29 is 0 Å². The lowest BCUT2D eigenvalue weighted by atomic mass is 10.1. The van der Waals surface area contributed by atoms with E-state index >= 15 is 0 Å². The van der Waals surface area contributed by atoms with Crippen LogP contribution < -0.4 is 10.6 Å². The molecule has 0 saturated carbocycles. The molecule has 1 aromatic carbocycles. The molecule has 0 aliphatic rings. The first-order valence-electron chi connectivity index (χ1n) is 7.57. The van der Waals surface area contributed by atoms with Crippen molar-refractivity contribution in [3.8, 4) is 0 Å². The monoisotopic (exact) mass is 318 g/mol. The molecular weight excluding hydrogens is 296 g/mol. The van der Waals surface area contributed by atoms with Crippen molar-refractivity contribution in [2.75, 3.05) is 17.2 Å². The highest BCUT2D eigenvalue weighted by atomic mass is 35.5. The van der Waals surface area contributed by atoms with Crippen LogP contribution in [0.5, 0.6) is 0 Å². The molecule has 0 saturated heterocycles. The summed E-state index contributed by atoms with van der Waals surface area (Å²) >= 11 is 6.16. The molecule has 0 bridgehead atoms. The summed E-state index contributed by atoms with van der Waals surface area (Å²) < 4.78 is 0. The van der Waals surface area contributed by atoms with Gasteiger partial charge in [0.15, 0.2) is 0 Å². The van der Waals surface area contributed by atoms with Crippen LogP contribution in [0, 0.1) is 19.8 Å². The fraction of sp³-hybridized carbons (Fsp3) is 0.412. The van der Waals surface area contributed by atoms with E-state index < -0.39 is 0 Å². The van der Waals surface area contributed by atoms with E-state index in [4.69, 9.17) is 11.6 Å². The molecule has 2 N–H and O–H groups in total. The maximum Gasteiger partial charge on any atom is 0.224 e. The number of rotatable bonds is 6. The van der Waals surface area contributed by atoms with Gasteiger partial charge in [-0.2, -0.15) is 4.98 Å². The van der Waals surface area contributed by atoms with Gasteiger partial charge in [0.2, 0.25) is 5.95 Å². The summed E-state index contributed by atoms with van der Waals surface area (Å²) in [5.74, 6) is 2.08. The van der Waals surface area contributed by atoms with Gasteiger partial charge in [-0.15, -0.1) is 0 Å². The van der Waals surface area contributed by atoms with E-state index in [0.717, 1.165) is 40.8 Å². The van der Waals surface area contributed by atoms with Crippen molar-refractivity contribution in [2.24, 2.45) is 5.92 Å². The Morgan fingerprint density at radius 2 is 1.95 bits per heavy atom. The standard InChI is InChI=1S/C17H23ClN4/c1-11(2)8-9-19-17-20-12(3)10-16(22-17)21-15-7-5-6-14(18)13(15)4/h5-7,10-11H,8-9H2,1-4H3,(H2,19,20,21,22). The van der Waals surface area contributed by atoms with E-state index in [-0.39, 0.29) is 0 Å². The Morgan fingerprint density at radius 3 is 2.68 bits per heavy atom. The Hall–Kier alpha value is -1.81. The molecule has 0 amide bonds. The zero-order valence-corrected chi connectivity index (χ0v) is 14.3. The van der Waals surface area contributed by atoms with Crippen molar-refractivity contribution in [1.82, 2.24) is 9.97 Å². The van der Waals surface area contributed by atoms with Crippen LogP contribution in [0.2, 0.25) is 5.02 Å². The zero-order chi connectivity index (χ0) is 16.1. The number of aromatic nitrogens is 2. The molecule has 4 nitrogen and oxygen atoms in total. The van der Waals surface area contributed by atoms with Crippen LogP contribution in [0.1, 0.15) is 31.5 Å². The highest BCUT2D eigenvalue weighted by Crippen LogP contribution is 2.26. The van der Waals surface area contributed by atoms with E-state index in [1.807, 2.05) is 38.1 Å². The molecule has 2 aromatic rings. The molecule has 0 spiro atoms. The van der Waals surface area contributed by atoms with Crippen molar-refractivity contribution in [3.05, 3.63) is 40.5 Å². The van der Waals surface area contributed by atoms with Gasteiger partial charge in [-0.05, 0) is 43.9 Å². The first kappa shape index (κ1) is 16.6. The van der Waals surface area contributed by atoms with Gasteiger partial charge in [0.1, 0.15) is 5.82 Å². The highest BCUT2D eigenvalue weighted by Gasteiger charge is 2.06. The number of anilines is 3. The predicted molar refractivity (Wildman–Crippen MR) is 94.2 cm³/mol. The van der Waals surface area contributed by atoms with Crippen molar-refractivity contribution in [1.29, 1.82) is 0 Å². The molecule has 118 valence electrons. The normalized spacial score (nSPS) is 10.8. The third-order valence-corrected chi connectivity index (χ3v) is 3.80. The number of nitrogens with one attached hydrogen (secondary N) is 2. The van der Waals surface area contributed by atoms with Crippen molar-refractivity contribution >= 4 is 29.1 Å². The summed E-state index contributed by atoms with van der Waals surface area (Å²) in [4.78, 5) is 8.94. The minimum Gasteiger partial charge on any atom is -0.354 e. The second-order valence-corrected chi connectivity index (χ2v) is 6.27. The first-order valence-corrected chi connectivity index (χ1v) is 7.95. The first-order chi connectivity index (χ1) is 10.5. The van der Waals surface area contributed by atoms with Gasteiger partial charge in [-0.3, -0.25) is 0 Å². The maximum atomic E-state index is 6.16. The molecule has 0 aliphatic carbocycles. The Bertz CT molecular complexity index is 641. The third-order valence-electron chi connectivity index (χ3n) is 3.39. The smallest absolute Gasteiger partial charge is 0.224 e. The summed E-state index contributed by atoms with van der Waals surface area (Å²) in [6.07, 6.45) is 1.09. The minimum atomic E-state index is 0.655. The molecule has 0 fully saturated rings. The van der Waals surface area contributed by atoms with Gasteiger partial charge >= 0.3 is 0 Å². The van der Waals surface area contributed by atoms with Gasteiger partial charge in [-0.25, -0.2) is 4.98 Å². The maximum absolute atomic E-state index is 6.16.